The number of fused-ring (bicyclic) bond motifs is 1. The smallest absolute Gasteiger partial charge is 0.278 e. The molecule has 0 N–H and O–H groups in total. The molecule has 0 bridgehead atoms. The van der Waals surface area contributed by atoms with Crippen LogP contribution < -0.4 is 4.90 Å². The molecule has 9 heteroatoms. The lowest BCUT2D eigenvalue weighted by Crippen LogP contribution is -2.43. The second-order valence-electron chi connectivity index (χ2n) is 6.96. The van der Waals surface area contributed by atoms with Crippen molar-refractivity contribution in [2.24, 2.45) is 0 Å². The number of aryl methyl sites for hydroxylation is 2. The predicted octanol–water partition coefficient (Wildman–Crippen LogP) is 3.45. The van der Waals surface area contributed by atoms with Gasteiger partial charge in [-0.05, 0) is 37.6 Å². The predicted molar refractivity (Wildman–Crippen MR) is 116 cm³/mol. The van der Waals surface area contributed by atoms with Crippen LogP contribution in [-0.4, -0.2) is 65.0 Å². The monoisotopic (exact) mass is 433 g/mol. The van der Waals surface area contributed by atoms with Crippen molar-refractivity contribution in [3.05, 3.63) is 40.7 Å². The van der Waals surface area contributed by atoms with E-state index in [-0.39, 0.29) is 5.91 Å². The highest BCUT2D eigenvalue weighted by Gasteiger charge is 2.25. The fourth-order valence-corrected chi connectivity index (χ4v) is 4.66. The SMILES string of the molecule is CCn1nccc1C(=O)N(CCN1CCOCC1)c1nc2c(C)c(Cl)ccc2s1. The van der Waals surface area contributed by atoms with Crippen LogP contribution in [0.2, 0.25) is 5.02 Å². The van der Waals surface area contributed by atoms with Crippen LogP contribution in [0.3, 0.4) is 0 Å². The number of nitrogens with zero attached hydrogens (tertiary/aromatic N) is 5. The van der Waals surface area contributed by atoms with E-state index in [9.17, 15) is 4.79 Å². The molecule has 0 radical (unpaired) electrons. The minimum atomic E-state index is -0.0829. The lowest BCUT2D eigenvalue weighted by Gasteiger charge is -2.29. The molecule has 0 spiro atoms. The number of hydrogen-bond donors (Lipinski definition) is 0. The zero-order valence-corrected chi connectivity index (χ0v) is 18.2. The molecule has 0 aliphatic carbocycles. The number of anilines is 1. The molecule has 29 heavy (non-hydrogen) atoms. The zero-order chi connectivity index (χ0) is 20.4. The minimum absolute atomic E-state index is 0.0829. The molecule has 1 saturated heterocycles. The Labute approximate surface area is 178 Å². The Balaban J connectivity index is 1.67. The van der Waals surface area contributed by atoms with Crippen LogP contribution in [0.4, 0.5) is 5.13 Å². The summed E-state index contributed by atoms with van der Waals surface area (Å²) in [6.45, 7) is 9.12. The summed E-state index contributed by atoms with van der Waals surface area (Å²) < 4.78 is 8.18. The summed E-state index contributed by atoms with van der Waals surface area (Å²) in [7, 11) is 0. The number of thiazole rings is 1. The van der Waals surface area contributed by atoms with Crippen LogP contribution in [0.15, 0.2) is 24.4 Å². The lowest BCUT2D eigenvalue weighted by molar-refractivity contribution is 0.0391. The molecule has 7 nitrogen and oxygen atoms in total. The average Bonchev–Trinajstić information content (AvgIpc) is 3.39. The number of carbonyl (C=O) groups excluding carboxylic acids is 1. The van der Waals surface area contributed by atoms with E-state index in [2.05, 4.69) is 10.00 Å². The van der Waals surface area contributed by atoms with Crippen molar-refractivity contribution >= 4 is 44.2 Å². The van der Waals surface area contributed by atoms with E-state index in [4.69, 9.17) is 21.3 Å². The maximum Gasteiger partial charge on any atom is 0.278 e. The first-order valence-corrected chi connectivity index (χ1v) is 11.0. The van der Waals surface area contributed by atoms with Crippen molar-refractivity contribution in [3.8, 4) is 0 Å². The van der Waals surface area contributed by atoms with Crippen LogP contribution in [0.1, 0.15) is 23.0 Å². The summed E-state index contributed by atoms with van der Waals surface area (Å²) >= 11 is 7.79. The third-order valence-corrected chi connectivity index (χ3v) is 6.64. The van der Waals surface area contributed by atoms with Crippen molar-refractivity contribution in [3.63, 3.8) is 0 Å². The molecule has 1 aliphatic rings. The first-order valence-electron chi connectivity index (χ1n) is 9.78. The summed E-state index contributed by atoms with van der Waals surface area (Å²) in [4.78, 5) is 22.3. The molecule has 0 unspecified atom stereocenters. The summed E-state index contributed by atoms with van der Waals surface area (Å²) in [6, 6.07) is 5.61. The lowest BCUT2D eigenvalue weighted by atomic mass is 10.2. The molecule has 1 aromatic carbocycles. The van der Waals surface area contributed by atoms with Gasteiger partial charge in [0.2, 0.25) is 0 Å². The molecule has 0 saturated carbocycles. The van der Waals surface area contributed by atoms with Gasteiger partial charge in [0.1, 0.15) is 5.69 Å². The van der Waals surface area contributed by atoms with Gasteiger partial charge in [-0.1, -0.05) is 22.9 Å². The van der Waals surface area contributed by atoms with Crippen molar-refractivity contribution < 1.29 is 9.53 Å². The summed E-state index contributed by atoms with van der Waals surface area (Å²) in [5, 5.41) is 5.63. The van der Waals surface area contributed by atoms with E-state index >= 15 is 0 Å². The number of amides is 1. The van der Waals surface area contributed by atoms with Crippen LogP contribution in [-0.2, 0) is 11.3 Å². The van der Waals surface area contributed by atoms with E-state index < -0.39 is 0 Å². The first-order chi connectivity index (χ1) is 14.1. The number of rotatable bonds is 6. The molecule has 3 aromatic rings. The summed E-state index contributed by atoms with van der Waals surface area (Å²) in [5.74, 6) is -0.0829. The van der Waals surface area contributed by atoms with Crippen molar-refractivity contribution in [2.75, 3.05) is 44.3 Å². The van der Waals surface area contributed by atoms with Gasteiger partial charge in [-0.15, -0.1) is 0 Å². The van der Waals surface area contributed by atoms with Gasteiger partial charge < -0.3 is 4.74 Å². The normalized spacial score (nSPS) is 15.1. The van der Waals surface area contributed by atoms with E-state index in [1.807, 2.05) is 26.0 Å². The van der Waals surface area contributed by atoms with Crippen LogP contribution in [0.5, 0.6) is 0 Å². The molecular weight excluding hydrogens is 410 g/mol. The van der Waals surface area contributed by atoms with Gasteiger partial charge in [0.15, 0.2) is 5.13 Å². The van der Waals surface area contributed by atoms with Gasteiger partial charge >= 0.3 is 0 Å². The van der Waals surface area contributed by atoms with Gasteiger partial charge in [-0.25, -0.2) is 4.98 Å². The van der Waals surface area contributed by atoms with Crippen molar-refractivity contribution in [2.45, 2.75) is 20.4 Å². The van der Waals surface area contributed by atoms with Gasteiger partial charge in [-0.2, -0.15) is 5.10 Å². The van der Waals surface area contributed by atoms with Crippen molar-refractivity contribution in [1.29, 1.82) is 0 Å². The van der Waals surface area contributed by atoms with Gasteiger partial charge in [0, 0.05) is 43.9 Å². The number of hydrogen-bond acceptors (Lipinski definition) is 6. The molecule has 3 heterocycles. The maximum atomic E-state index is 13.5. The molecular formula is C20H24ClN5O2S. The highest BCUT2D eigenvalue weighted by atomic mass is 35.5. The molecule has 2 aromatic heterocycles. The Morgan fingerprint density at radius 2 is 2.10 bits per heavy atom. The Morgan fingerprint density at radius 1 is 1.31 bits per heavy atom. The maximum absolute atomic E-state index is 13.5. The molecule has 0 atom stereocenters. The fraction of sp³-hybridized carbons (Fsp3) is 0.450. The number of carbonyl (C=O) groups is 1. The Hall–Kier alpha value is -2.00. The third kappa shape index (κ3) is 4.16. The second kappa shape index (κ2) is 8.79. The summed E-state index contributed by atoms with van der Waals surface area (Å²) in [5.41, 5.74) is 2.36. The summed E-state index contributed by atoms with van der Waals surface area (Å²) in [6.07, 6.45) is 1.67. The molecule has 1 amide bonds. The van der Waals surface area contributed by atoms with E-state index in [0.29, 0.717) is 28.9 Å². The number of morpholine rings is 1. The quantitative estimate of drug-likeness (QED) is 0.595. The first kappa shape index (κ1) is 20.3. The standard InChI is InChI=1S/C20H24ClN5O2S/c1-3-26-16(6-7-22-26)19(27)25(9-8-24-10-12-28-13-11-24)20-23-18-14(2)15(21)4-5-17(18)29-20/h4-7H,3,8-13H2,1-2H3. The van der Waals surface area contributed by atoms with Crippen LogP contribution in [0, 0.1) is 6.92 Å². The number of benzene rings is 1. The number of ether oxygens (including phenoxy) is 1. The highest BCUT2D eigenvalue weighted by molar-refractivity contribution is 7.22. The largest absolute Gasteiger partial charge is 0.379 e. The van der Waals surface area contributed by atoms with Crippen LogP contribution in [0.25, 0.3) is 10.2 Å². The second-order valence-corrected chi connectivity index (χ2v) is 8.37. The fourth-order valence-electron chi connectivity index (χ4n) is 3.46. The minimum Gasteiger partial charge on any atom is -0.379 e. The van der Waals surface area contributed by atoms with Gasteiger partial charge in [0.05, 0.1) is 23.4 Å². The Bertz CT molecular complexity index is 1010. The molecule has 1 fully saturated rings. The number of halogens is 1. The topological polar surface area (TPSA) is 63.5 Å². The van der Waals surface area contributed by atoms with Crippen molar-refractivity contribution in [1.82, 2.24) is 19.7 Å². The van der Waals surface area contributed by atoms with E-state index in [1.54, 1.807) is 21.8 Å². The molecule has 1 aliphatic heterocycles. The Morgan fingerprint density at radius 3 is 2.86 bits per heavy atom. The van der Waals surface area contributed by atoms with Gasteiger partial charge in [-0.3, -0.25) is 19.3 Å². The third-order valence-electron chi connectivity index (χ3n) is 5.19. The van der Waals surface area contributed by atoms with E-state index in [1.165, 1.54) is 11.3 Å². The molecule has 4 rings (SSSR count). The average molecular weight is 434 g/mol. The Kier molecular flexibility index (Phi) is 6.15. The number of aromatic nitrogens is 3. The van der Waals surface area contributed by atoms with Gasteiger partial charge in [0.25, 0.3) is 5.91 Å². The zero-order valence-electron chi connectivity index (χ0n) is 16.6. The van der Waals surface area contributed by atoms with E-state index in [0.717, 1.165) is 48.6 Å². The highest BCUT2D eigenvalue weighted by Crippen LogP contribution is 2.34. The molecule has 154 valence electrons. The van der Waals surface area contributed by atoms with Crippen LogP contribution >= 0.6 is 22.9 Å².